The number of H-pyrrole nitrogens is 1. The molecule has 0 aliphatic carbocycles. The number of aromatic nitrogens is 4. The van der Waals surface area contributed by atoms with Crippen molar-refractivity contribution >= 4 is 5.91 Å². The molecule has 0 spiro atoms. The zero-order valence-corrected chi connectivity index (χ0v) is 8.55. The molecule has 1 fully saturated rings. The molecule has 0 aromatic carbocycles. The number of nitrogens with one attached hydrogen (secondary N) is 1. The van der Waals surface area contributed by atoms with Crippen LogP contribution in [0.15, 0.2) is 12.7 Å². The summed E-state index contributed by atoms with van der Waals surface area (Å²) in [5.41, 5.74) is 0. The van der Waals surface area contributed by atoms with Gasteiger partial charge in [-0.3, -0.25) is 4.79 Å². The average molecular weight is 207 g/mol. The van der Waals surface area contributed by atoms with Gasteiger partial charge in [-0.2, -0.15) is 5.21 Å². The number of likely N-dealkylation sites (tertiary alicyclic amines) is 1. The monoisotopic (exact) mass is 207 g/mol. The Hall–Kier alpha value is -1.72. The Morgan fingerprint density at radius 2 is 2.47 bits per heavy atom. The van der Waals surface area contributed by atoms with Crippen molar-refractivity contribution in [2.24, 2.45) is 5.92 Å². The zero-order valence-electron chi connectivity index (χ0n) is 8.55. The molecule has 0 radical (unpaired) electrons. The maximum Gasteiger partial charge on any atom is 0.245 e. The van der Waals surface area contributed by atoms with E-state index < -0.39 is 0 Å². The topological polar surface area (TPSA) is 74.8 Å². The highest BCUT2D eigenvalue weighted by molar-refractivity contribution is 5.87. The van der Waals surface area contributed by atoms with Gasteiger partial charge >= 0.3 is 0 Å². The van der Waals surface area contributed by atoms with Crippen molar-refractivity contribution in [3.63, 3.8) is 0 Å². The number of hydrogen-bond acceptors (Lipinski definition) is 4. The van der Waals surface area contributed by atoms with Gasteiger partial charge in [0.2, 0.25) is 5.91 Å². The molecular weight excluding hydrogens is 194 g/mol. The Morgan fingerprint density at radius 3 is 3.07 bits per heavy atom. The van der Waals surface area contributed by atoms with E-state index in [1.165, 1.54) is 6.08 Å². The lowest BCUT2D eigenvalue weighted by Crippen LogP contribution is -2.26. The molecule has 2 atom stereocenters. The fourth-order valence-corrected chi connectivity index (χ4v) is 1.94. The maximum atomic E-state index is 11.4. The van der Waals surface area contributed by atoms with Gasteiger partial charge in [-0.05, 0) is 12.0 Å². The number of tetrazole rings is 1. The lowest BCUT2D eigenvalue weighted by molar-refractivity contribution is -0.125. The van der Waals surface area contributed by atoms with Crippen LogP contribution in [0.25, 0.3) is 0 Å². The van der Waals surface area contributed by atoms with E-state index in [9.17, 15) is 4.79 Å². The van der Waals surface area contributed by atoms with Crippen LogP contribution >= 0.6 is 0 Å². The molecule has 1 aliphatic heterocycles. The molecule has 0 saturated carbocycles. The molecule has 1 aliphatic rings. The van der Waals surface area contributed by atoms with Gasteiger partial charge in [-0.25, -0.2) is 0 Å². The molecule has 1 aromatic heterocycles. The van der Waals surface area contributed by atoms with Crippen LogP contribution in [0.4, 0.5) is 0 Å². The van der Waals surface area contributed by atoms with Crippen LogP contribution in [0.5, 0.6) is 0 Å². The minimum atomic E-state index is -0.0344. The zero-order chi connectivity index (χ0) is 10.8. The van der Waals surface area contributed by atoms with E-state index >= 15 is 0 Å². The largest absolute Gasteiger partial charge is 0.338 e. The Morgan fingerprint density at radius 1 is 1.67 bits per heavy atom. The summed E-state index contributed by atoms with van der Waals surface area (Å²) in [6.45, 7) is 6.93. The minimum Gasteiger partial charge on any atom is -0.338 e. The quantitative estimate of drug-likeness (QED) is 0.690. The van der Waals surface area contributed by atoms with Crippen LogP contribution in [0.2, 0.25) is 0 Å². The van der Waals surface area contributed by atoms with Crippen molar-refractivity contribution in [1.29, 1.82) is 0 Å². The van der Waals surface area contributed by atoms with Crippen LogP contribution < -0.4 is 0 Å². The maximum absolute atomic E-state index is 11.4. The van der Waals surface area contributed by atoms with Gasteiger partial charge in [-0.1, -0.05) is 18.7 Å². The molecule has 0 bridgehead atoms. The average Bonchev–Trinajstić information content (AvgIpc) is 2.84. The number of rotatable bonds is 2. The van der Waals surface area contributed by atoms with Crippen LogP contribution in [0.3, 0.4) is 0 Å². The summed E-state index contributed by atoms with van der Waals surface area (Å²) in [6, 6.07) is 0. The second-order valence-electron chi connectivity index (χ2n) is 3.80. The SMILES string of the molecule is C=CC(=O)N1C[C@@H](C)[C@H](c2nn[nH]n2)C1. The second-order valence-corrected chi connectivity index (χ2v) is 3.80. The highest BCUT2D eigenvalue weighted by Crippen LogP contribution is 2.29. The number of hydrogen-bond donors (Lipinski definition) is 1. The van der Waals surface area contributed by atoms with Crippen LogP contribution in [0.1, 0.15) is 18.7 Å². The lowest BCUT2D eigenvalue weighted by atomic mass is 9.98. The molecule has 6 nitrogen and oxygen atoms in total. The Kier molecular flexibility index (Phi) is 2.49. The first kappa shape index (κ1) is 9.82. The van der Waals surface area contributed by atoms with Crippen molar-refractivity contribution < 1.29 is 4.79 Å². The van der Waals surface area contributed by atoms with Gasteiger partial charge in [0, 0.05) is 19.0 Å². The predicted octanol–water partition coefficient (Wildman–Crippen LogP) is -0.0524. The number of nitrogens with zero attached hydrogens (tertiary/aromatic N) is 4. The minimum absolute atomic E-state index is 0.0344. The number of carbonyl (C=O) groups is 1. The molecule has 1 amide bonds. The van der Waals surface area contributed by atoms with Gasteiger partial charge < -0.3 is 4.90 Å². The highest BCUT2D eigenvalue weighted by Gasteiger charge is 2.34. The standard InChI is InChI=1S/C9H13N5O/c1-3-8(15)14-4-6(2)7(5-14)9-10-12-13-11-9/h3,6-7H,1,4-5H2,2H3,(H,10,11,12,13)/t6-,7-/m1/s1. The molecule has 1 aromatic rings. The van der Waals surface area contributed by atoms with E-state index in [2.05, 4.69) is 34.1 Å². The molecule has 1 N–H and O–H groups in total. The predicted molar refractivity (Wildman–Crippen MR) is 52.9 cm³/mol. The van der Waals surface area contributed by atoms with E-state index in [0.29, 0.717) is 18.3 Å². The van der Waals surface area contributed by atoms with Gasteiger partial charge in [0.1, 0.15) is 0 Å². The Labute approximate surface area is 87.4 Å². The van der Waals surface area contributed by atoms with E-state index in [4.69, 9.17) is 0 Å². The molecule has 2 heterocycles. The number of aromatic amines is 1. The van der Waals surface area contributed by atoms with Gasteiger partial charge in [0.25, 0.3) is 0 Å². The van der Waals surface area contributed by atoms with E-state index in [1.807, 2.05) is 0 Å². The van der Waals surface area contributed by atoms with Crippen molar-refractivity contribution in [3.8, 4) is 0 Å². The van der Waals surface area contributed by atoms with Crippen molar-refractivity contribution in [3.05, 3.63) is 18.5 Å². The van der Waals surface area contributed by atoms with E-state index in [0.717, 1.165) is 6.54 Å². The second kappa shape index (κ2) is 3.80. The normalized spacial score (nSPS) is 25.5. The molecule has 1 saturated heterocycles. The summed E-state index contributed by atoms with van der Waals surface area (Å²) in [4.78, 5) is 13.2. The summed E-state index contributed by atoms with van der Waals surface area (Å²) in [5, 5.41) is 13.9. The Balaban J connectivity index is 2.11. The highest BCUT2D eigenvalue weighted by atomic mass is 16.2. The summed E-state index contributed by atoms with van der Waals surface area (Å²) >= 11 is 0. The summed E-state index contributed by atoms with van der Waals surface area (Å²) < 4.78 is 0. The first-order chi connectivity index (χ1) is 7.22. The summed E-state index contributed by atoms with van der Waals surface area (Å²) in [6.07, 6.45) is 1.34. The summed E-state index contributed by atoms with van der Waals surface area (Å²) in [5.74, 6) is 1.17. The molecule has 15 heavy (non-hydrogen) atoms. The van der Waals surface area contributed by atoms with Gasteiger partial charge in [0.15, 0.2) is 5.82 Å². The van der Waals surface area contributed by atoms with E-state index in [-0.39, 0.29) is 11.8 Å². The van der Waals surface area contributed by atoms with E-state index in [1.54, 1.807) is 4.90 Å². The molecule has 80 valence electrons. The third-order valence-corrected chi connectivity index (χ3v) is 2.79. The third-order valence-electron chi connectivity index (χ3n) is 2.79. The fraction of sp³-hybridized carbons (Fsp3) is 0.556. The third kappa shape index (κ3) is 1.74. The number of carbonyl (C=O) groups excluding carboxylic acids is 1. The van der Waals surface area contributed by atoms with Crippen molar-refractivity contribution in [2.45, 2.75) is 12.8 Å². The molecule has 2 rings (SSSR count). The van der Waals surface area contributed by atoms with Crippen LogP contribution in [-0.4, -0.2) is 44.5 Å². The first-order valence-corrected chi connectivity index (χ1v) is 4.87. The lowest BCUT2D eigenvalue weighted by Gasteiger charge is -2.12. The van der Waals surface area contributed by atoms with Crippen molar-refractivity contribution in [2.75, 3.05) is 13.1 Å². The van der Waals surface area contributed by atoms with Crippen LogP contribution in [0, 0.1) is 5.92 Å². The van der Waals surface area contributed by atoms with Crippen molar-refractivity contribution in [1.82, 2.24) is 25.5 Å². The van der Waals surface area contributed by atoms with Crippen LogP contribution in [-0.2, 0) is 4.79 Å². The molecule has 0 unspecified atom stereocenters. The summed E-state index contributed by atoms with van der Waals surface area (Å²) in [7, 11) is 0. The Bertz CT molecular complexity index is 361. The smallest absolute Gasteiger partial charge is 0.245 e. The number of amides is 1. The van der Waals surface area contributed by atoms with Gasteiger partial charge in [0.05, 0.1) is 0 Å². The molecule has 6 heteroatoms. The fourth-order valence-electron chi connectivity index (χ4n) is 1.94. The van der Waals surface area contributed by atoms with Gasteiger partial charge in [-0.15, -0.1) is 10.2 Å². The first-order valence-electron chi connectivity index (χ1n) is 4.87. The molecular formula is C9H13N5O.